The molecule has 0 N–H and O–H groups in total. The van der Waals surface area contributed by atoms with Crippen molar-refractivity contribution in [2.75, 3.05) is 6.61 Å². The number of nitrogens with zero attached hydrogens (tertiary/aromatic N) is 1. The lowest BCUT2D eigenvalue weighted by atomic mass is 10.4. The maximum atomic E-state index is 9.75. The summed E-state index contributed by atoms with van der Waals surface area (Å²) in [4.78, 5) is 9.75. The molecule has 48 valence electrons. The molecule has 0 heterocycles. The van der Waals surface area contributed by atoms with Gasteiger partial charge in [-0.25, -0.2) is 0 Å². The lowest BCUT2D eigenvalue weighted by Gasteiger charge is -2.02. The molecule has 0 saturated heterocycles. The van der Waals surface area contributed by atoms with Gasteiger partial charge in [0.2, 0.25) is 0 Å². The van der Waals surface area contributed by atoms with Crippen molar-refractivity contribution in [3.8, 4) is 0 Å². The van der Waals surface area contributed by atoms with Crippen molar-refractivity contribution in [1.29, 1.82) is 0 Å². The summed E-state index contributed by atoms with van der Waals surface area (Å²) in [6.07, 6.45) is 0.233. The second-order valence-corrected chi connectivity index (χ2v) is 1.42. The Morgan fingerprint density at radius 1 is 1.62 bits per heavy atom. The van der Waals surface area contributed by atoms with Crippen molar-refractivity contribution in [3.05, 3.63) is 4.91 Å². The number of hydrogen-bond acceptors (Lipinski definition) is 3. The van der Waals surface area contributed by atoms with E-state index in [2.05, 4.69) is 5.18 Å². The van der Waals surface area contributed by atoms with Crippen LogP contribution >= 0.6 is 0 Å². The SMILES string of the molecule is CCOC(CC)N=O. The molecule has 0 saturated carbocycles. The first-order chi connectivity index (χ1) is 3.85. The van der Waals surface area contributed by atoms with Crippen LogP contribution in [-0.2, 0) is 4.74 Å². The van der Waals surface area contributed by atoms with Crippen molar-refractivity contribution in [2.45, 2.75) is 26.5 Å². The Labute approximate surface area is 49.0 Å². The van der Waals surface area contributed by atoms with Gasteiger partial charge in [-0.2, -0.15) is 0 Å². The van der Waals surface area contributed by atoms with E-state index in [9.17, 15) is 4.91 Å². The molecule has 3 nitrogen and oxygen atoms in total. The van der Waals surface area contributed by atoms with Crippen molar-refractivity contribution in [3.63, 3.8) is 0 Å². The molecule has 0 aliphatic carbocycles. The molecule has 3 heteroatoms. The fourth-order valence-electron chi connectivity index (χ4n) is 0.415. The summed E-state index contributed by atoms with van der Waals surface area (Å²) >= 11 is 0. The van der Waals surface area contributed by atoms with E-state index >= 15 is 0 Å². The van der Waals surface area contributed by atoms with Crippen LogP contribution in [0.2, 0.25) is 0 Å². The Morgan fingerprint density at radius 3 is 2.38 bits per heavy atom. The molecule has 0 fully saturated rings. The highest BCUT2D eigenvalue weighted by molar-refractivity contribution is 4.46. The summed E-state index contributed by atoms with van der Waals surface area (Å²) in [5.41, 5.74) is 0. The molecule has 0 rings (SSSR count). The van der Waals surface area contributed by atoms with Crippen LogP contribution in [0.15, 0.2) is 5.18 Å². The first-order valence-electron chi connectivity index (χ1n) is 2.79. The maximum absolute atomic E-state index is 9.75. The van der Waals surface area contributed by atoms with E-state index in [1.165, 1.54) is 0 Å². The molecule has 0 radical (unpaired) electrons. The van der Waals surface area contributed by atoms with Gasteiger partial charge in [0, 0.05) is 6.61 Å². The van der Waals surface area contributed by atoms with Gasteiger partial charge in [-0.05, 0) is 18.5 Å². The number of nitroso groups, excluding NO2 is 1. The van der Waals surface area contributed by atoms with Gasteiger partial charge in [-0.1, -0.05) is 6.92 Å². The predicted molar refractivity (Wildman–Crippen MR) is 31.5 cm³/mol. The van der Waals surface area contributed by atoms with Crippen molar-refractivity contribution >= 4 is 0 Å². The van der Waals surface area contributed by atoms with Crippen LogP contribution in [0.5, 0.6) is 0 Å². The van der Waals surface area contributed by atoms with Crippen molar-refractivity contribution < 1.29 is 4.74 Å². The predicted octanol–water partition coefficient (Wildman–Crippen LogP) is 1.53. The second-order valence-electron chi connectivity index (χ2n) is 1.42. The molecule has 0 aromatic carbocycles. The molecular weight excluding hydrogens is 106 g/mol. The van der Waals surface area contributed by atoms with Gasteiger partial charge in [0.25, 0.3) is 0 Å². The molecule has 0 aromatic rings. The highest BCUT2D eigenvalue weighted by atomic mass is 16.5. The minimum atomic E-state index is -0.431. The molecule has 0 bridgehead atoms. The molecule has 1 unspecified atom stereocenters. The Morgan fingerprint density at radius 2 is 2.25 bits per heavy atom. The first kappa shape index (κ1) is 7.56. The molecule has 8 heavy (non-hydrogen) atoms. The monoisotopic (exact) mass is 117 g/mol. The normalized spacial score (nSPS) is 13.2. The first-order valence-corrected chi connectivity index (χ1v) is 2.79. The zero-order valence-electron chi connectivity index (χ0n) is 5.26. The molecule has 0 amide bonds. The van der Waals surface area contributed by atoms with E-state index < -0.39 is 6.23 Å². The lowest BCUT2D eigenvalue weighted by Crippen LogP contribution is -2.06. The Kier molecular flexibility index (Phi) is 4.45. The molecule has 1 atom stereocenters. The van der Waals surface area contributed by atoms with E-state index in [-0.39, 0.29) is 0 Å². The standard InChI is InChI=1S/C5H11NO2/c1-3-5(6-7)8-4-2/h5H,3-4H2,1-2H3. The van der Waals surface area contributed by atoms with Gasteiger partial charge in [-0.3, -0.25) is 0 Å². The van der Waals surface area contributed by atoms with Crippen LogP contribution in [0.4, 0.5) is 0 Å². The largest absolute Gasteiger partial charge is 0.353 e. The molecule has 0 aliphatic rings. The van der Waals surface area contributed by atoms with Gasteiger partial charge in [0.15, 0.2) is 6.23 Å². The average molecular weight is 117 g/mol. The fraction of sp³-hybridized carbons (Fsp3) is 1.00. The summed E-state index contributed by atoms with van der Waals surface area (Å²) in [6, 6.07) is 0. The topological polar surface area (TPSA) is 38.7 Å². The summed E-state index contributed by atoms with van der Waals surface area (Å²) in [5, 5.41) is 2.72. The van der Waals surface area contributed by atoms with Crippen molar-refractivity contribution in [2.24, 2.45) is 5.18 Å². The van der Waals surface area contributed by atoms with Gasteiger partial charge in [0.1, 0.15) is 0 Å². The van der Waals surface area contributed by atoms with Gasteiger partial charge < -0.3 is 4.74 Å². The van der Waals surface area contributed by atoms with Crippen LogP contribution < -0.4 is 0 Å². The molecule has 0 spiro atoms. The lowest BCUT2D eigenvalue weighted by molar-refractivity contribution is 0.0658. The van der Waals surface area contributed by atoms with Crippen LogP contribution in [-0.4, -0.2) is 12.8 Å². The summed E-state index contributed by atoms with van der Waals surface area (Å²) in [7, 11) is 0. The minimum absolute atomic E-state index is 0.431. The van der Waals surface area contributed by atoms with E-state index in [0.717, 1.165) is 0 Å². The zero-order chi connectivity index (χ0) is 6.41. The smallest absolute Gasteiger partial charge is 0.189 e. The second kappa shape index (κ2) is 4.71. The van der Waals surface area contributed by atoms with Crippen molar-refractivity contribution in [1.82, 2.24) is 0 Å². The van der Waals surface area contributed by atoms with Gasteiger partial charge >= 0.3 is 0 Å². The average Bonchev–Trinajstić information content (AvgIpc) is 1.83. The highest BCUT2D eigenvalue weighted by Gasteiger charge is 2.00. The van der Waals surface area contributed by atoms with Crippen LogP contribution in [0.25, 0.3) is 0 Å². The van der Waals surface area contributed by atoms with E-state index in [1.807, 2.05) is 13.8 Å². The van der Waals surface area contributed by atoms with E-state index in [1.54, 1.807) is 0 Å². The Bertz CT molecular complexity index is 65.4. The highest BCUT2D eigenvalue weighted by Crippen LogP contribution is 1.96. The van der Waals surface area contributed by atoms with Gasteiger partial charge in [-0.15, -0.1) is 4.91 Å². The van der Waals surface area contributed by atoms with Gasteiger partial charge in [0.05, 0.1) is 0 Å². The van der Waals surface area contributed by atoms with Crippen LogP contribution in [0, 0.1) is 4.91 Å². The minimum Gasteiger partial charge on any atom is -0.353 e. The molecular formula is C5H11NO2. The molecule has 0 aliphatic heterocycles. The van der Waals surface area contributed by atoms with E-state index in [0.29, 0.717) is 13.0 Å². The number of rotatable bonds is 4. The maximum Gasteiger partial charge on any atom is 0.189 e. The fourth-order valence-corrected chi connectivity index (χ4v) is 0.415. The zero-order valence-corrected chi connectivity index (χ0v) is 5.26. The third-order valence-electron chi connectivity index (χ3n) is 0.826. The number of hydrogen-bond donors (Lipinski definition) is 0. The van der Waals surface area contributed by atoms with E-state index in [4.69, 9.17) is 4.74 Å². The third-order valence-corrected chi connectivity index (χ3v) is 0.826. The summed E-state index contributed by atoms with van der Waals surface area (Å²) in [5.74, 6) is 0. The number of ether oxygens (including phenoxy) is 1. The molecule has 0 aromatic heterocycles. The van der Waals surface area contributed by atoms with Crippen LogP contribution in [0.3, 0.4) is 0 Å². The van der Waals surface area contributed by atoms with Crippen LogP contribution in [0.1, 0.15) is 20.3 Å². The Hall–Kier alpha value is -0.440. The quantitative estimate of drug-likeness (QED) is 0.523. The third kappa shape index (κ3) is 2.69. The summed E-state index contributed by atoms with van der Waals surface area (Å²) < 4.78 is 4.86. The Balaban J connectivity index is 3.21. The summed E-state index contributed by atoms with van der Waals surface area (Å²) in [6.45, 7) is 4.26.